The molecule has 1 aliphatic rings. The number of anilines is 1. The number of thioether (sulfide) groups is 1. The van der Waals surface area contributed by atoms with Crippen molar-refractivity contribution in [1.82, 2.24) is 5.32 Å². The topological polar surface area (TPSA) is 84.3 Å². The van der Waals surface area contributed by atoms with Gasteiger partial charge in [-0.1, -0.05) is 0 Å². The molecule has 7 heteroatoms. The average molecular weight is 309 g/mol. The van der Waals surface area contributed by atoms with Gasteiger partial charge in [0.2, 0.25) is 5.91 Å². The van der Waals surface area contributed by atoms with E-state index in [1.165, 1.54) is 6.07 Å². The number of nitrogens with zero attached hydrogens (tertiary/aromatic N) is 1. The van der Waals surface area contributed by atoms with Gasteiger partial charge in [0, 0.05) is 42.1 Å². The number of nitro benzene ring substituents is 1. The van der Waals surface area contributed by atoms with Gasteiger partial charge in [-0.15, -0.1) is 0 Å². The highest BCUT2D eigenvalue weighted by Crippen LogP contribution is 2.26. The highest BCUT2D eigenvalue weighted by atomic mass is 32.2. The van der Waals surface area contributed by atoms with E-state index in [0.717, 1.165) is 23.6 Å². The van der Waals surface area contributed by atoms with Crippen LogP contribution in [-0.2, 0) is 4.79 Å². The van der Waals surface area contributed by atoms with Gasteiger partial charge < -0.3 is 10.6 Å². The Morgan fingerprint density at radius 2 is 2.24 bits per heavy atom. The summed E-state index contributed by atoms with van der Waals surface area (Å²) in [5, 5.41) is 17.1. The molecule has 0 bridgehead atoms. The molecule has 1 atom stereocenters. The Bertz CT molecular complexity index is 557. The number of rotatable bonds is 4. The van der Waals surface area contributed by atoms with Crippen molar-refractivity contribution >= 4 is 29.0 Å². The number of amides is 1. The molecule has 0 aliphatic carbocycles. The van der Waals surface area contributed by atoms with Gasteiger partial charge >= 0.3 is 0 Å². The van der Waals surface area contributed by atoms with Gasteiger partial charge in [0.25, 0.3) is 5.69 Å². The first-order valence-electron chi connectivity index (χ1n) is 6.84. The molecule has 2 N–H and O–H groups in total. The van der Waals surface area contributed by atoms with Crippen molar-refractivity contribution in [3.63, 3.8) is 0 Å². The third kappa shape index (κ3) is 4.18. The number of hydrogen-bond acceptors (Lipinski definition) is 5. The lowest BCUT2D eigenvalue weighted by Crippen LogP contribution is -2.39. The zero-order valence-corrected chi connectivity index (χ0v) is 13.0. The smallest absolute Gasteiger partial charge is 0.274 e. The number of hydrogen-bond donors (Lipinski definition) is 2. The fourth-order valence-electron chi connectivity index (χ4n) is 2.35. The quantitative estimate of drug-likeness (QED) is 0.658. The summed E-state index contributed by atoms with van der Waals surface area (Å²) in [6.07, 6.45) is 0.383. The maximum absolute atomic E-state index is 12.1. The maximum atomic E-state index is 12.1. The van der Waals surface area contributed by atoms with Crippen LogP contribution in [-0.4, -0.2) is 34.9 Å². The number of aryl methyl sites for hydroxylation is 2. The molecule has 0 radical (unpaired) electrons. The number of nitrogens with one attached hydrogen (secondary N) is 2. The Labute approximate surface area is 127 Å². The molecule has 1 amide bonds. The van der Waals surface area contributed by atoms with E-state index in [1.54, 1.807) is 13.0 Å². The van der Waals surface area contributed by atoms with Gasteiger partial charge in [-0.3, -0.25) is 14.9 Å². The van der Waals surface area contributed by atoms with Gasteiger partial charge in [-0.25, -0.2) is 0 Å². The van der Waals surface area contributed by atoms with Gasteiger partial charge in [0.05, 0.1) is 10.6 Å². The minimum absolute atomic E-state index is 0.0299. The molecule has 1 unspecified atom stereocenters. The average Bonchev–Trinajstić information content (AvgIpc) is 2.42. The summed E-state index contributed by atoms with van der Waals surface area (Å²) in [6.45, 7) is 4.44. The lowest BCUT2D eigenvalue weighted by molar-refractivity contribution is -0.385. The van der Waals surface area contributed by atoms with Crippen LogP contribution in [0.25, 0.3) is 0 Å². The summed E-state index contributed by atoms with van der Waals surface area (Å²) in [5.41, 5.74) is 1.97. The van der Waals surface area contributed by atoms with Crippen LogP contribution in [0.15, 0.2) is 12.1 Å². The van der Waals surface area contributed by atoms with Crippen molar-refractivity contribution in [2.75, 3.05) is 23.4 Å². The van der Waals surface area contributed by atoms with E-state index in [1.807, 2.05) is 18.7 Å². The first-order valence-corrected chi connectivity index (χ1v) is 7.99. The number of benzene rings is 1. The van der Waals surface area contributed by atoms with Crippen molar-refractivity contribution in [3.05, 3.63) is 33.4 Å². The standard InChI is InChI=1S/C14H19N3O3S/c1-9-5-10(2)13(17(19)20)7-12(9)16-14(18)6-11-8-21-4-3-15-11/h5,7,11,15H,3-4,6,8H2,1-2H3,(H,16,18). The summed E-state index contributed by atoms with van der Waals surface area (Å²) < 4.78 is 0. The van der Waals surface area contributed by atoms with Gasteiger partial charge in [0.15, 0.2) is 0 Å². The Hall–Kier alpha value is -1.60. The monoisotopic (exact) mass is 309 g/mol. The van der Waals surface area contributed by atoms with Crippen molar-refractivity contribution in [1.29, 1.82) is 0 Å². The molecule has 21 heavy (non-hydrogen) atoms. The molecule has 1 aromatic carbocycles. The molecular weight excluding hydrogens is 290 g/mol. The second-order valence-electron chi connectivity index (χ2n) is 5.19. The van der Waals surface area contributed by atoms with E-state index in [0.29, 0.717) is 17.7 Å². The zero-order chi connectivity index (χ0) is 15.4. The van der Waals surface area contributed by atoms with E-state index < -0.39 is 4.92 Å². The zero-order valence-electron chi connectivity index (χ0n) is 12.1. The number of carbonyl (C=O) groups excluding carboxylic acids is 1. The third-order valence-corrected chi connectivity index (χ3v) is 4.57. The van der Waals surface area contributed by atoms with Gasteiger partial charge in [0.1, 0.15) is 0 Å². The van der Waals surface area contributed by atoms with E-state index in [-0.39, 0.29) is 17.6 Å². The summed E-state index contributed by atoms with van der Waals surface area (Å²) in [6, 6.07) is 3.33. The van der Waals surface area contributed by atoms with Crippen LogP contribution in [0.4, 0.5) is 11.4 Å². The van der Waals surface area contributed by atoms with E-state index in [4.69, 9.17) is 0 Å². The SMILES string of the molecule is Cc1cc(C)c([N+](=O)[O-])cc1NC(=O)CC1CSCCN1. The molecule has 1 aromatic rings. The fraction of sp³-hybridized carbons (Fsp3) is 0.500. The van der Waals surface area contributed by atoms with Crippen molar-refractivity contribution in [2.24, 2.45) is 0 Å². The predicted octanol–water partition coefficient (Wildman–Crippen LogP) is 2.25. The Kier molecular flexibility index (Phi) is 5.19. The Balaban J connectivity index is 2.06. The predicted molar refractivity (Wildman–Crippen MR) is 84.9 cm³/mol. The lowest BCUT2D eigenvalue weighted by atomic mass is 10.1. The molecule has 1 aliphatic heterocycles. The number of carbonyl (C=O) groups is 1. The summed E-state index contributed by atoms with van der Waals surface area (Å²) in [7, 11) is 0. The molecule has 0 saturated carbocycles. The van der Waals surface area contributed by atoms with Gasteiger partial charge in [-0.2, -0.15) is 11.8 Å². The first kappa shape index (κ1) is 15.8. The second kappa shape index (κ2) is 6.91. The van der Waals surface area contributed by atoms with E-state index in [2.05, 4.69) is 10.6 Å². The highest BCUT2D eigenvalue weighted by molar-refractivity contribution is 7.99. The number of nitro groups is 1. The largest absolute Gasteiger partial charge is 0.326 e. The van der Waals surface area contributed by atoms with E-state index >= 15 is 0 Å². The molecule has 1 heterocycles. The third-order valence-electron chi connectivity index (χ3n) is 3.44. The van der Waals surface area contributed by atoms with Crippen LogP contribution in [0.3, 0.4) is 0 Å². The van der Waals surface area contributed by atoms with E-state index in [9.17, 15) is 14.9 Å². The van der Waals surface area contributed by atoms with Gasteiger partial charge in [-0.05, 0) is 25.5 Å². The highest BCUT2D eigenvalue weighted by Gasteiger charge is 2.19. The molecule has 0 spiro atoms. The Morgan fingerprint density at radius 1 is 1.48 bits per heavy atom. The molecule has 2 rings (SSSR count). The lowest BCUT2D eigenvalue weighted by Gasteiger charge is -2.22. The molecule has 114 valence electrons. The molecule has 1 fully saturated rings. The summed E-state index contributed by atoms with van der Waals surface area (Å²) in [4.78, 5) is 22.6. The fourth-order valence-corrected chi connectivity index (χ4v) is 3.30. The minimum Gasteiger partial charge on any atom is -0.326 e. The summed E-state index contributed by atoms with van der Waals surface area (Å²) in [5.74, 6) is 1.87. The van der Waals surface area contributed by atoms with Crippen molar-refractivity contribution < 1.29 is 9.72 Å². The minimum atomic E-state index is -0.427. The molecule has 1 saturated heterocycles. The van der Waals surface area contributed by atoms with Crippen molar-refractivity contribution in [2.45, 2.75) is 26.3 Å². The summed E-state index contributed by atoms with van der Waals surface area (Å²) >= 11 is 1.83. The van der Waals surface area contributed by atoms with Crippen molar-refractivity contribution in [3.8, 4) is 0 Å². The normalized spacial score (nSPS) is 18.3. The molecular formula is C14H19N3O3S. The van der Waals surface area contributed by atoms with Crippen LogP contribution < -0.4 is 10.6 Å². The van der Waals surface area contributed by atoms with Crippen LogP contribution in [0.5, 0.6) is 0 Å². The van der Waals surface area contributed by atoms with Crippen LogP contribution in [0, 0.1) is 24.0 Å². The second-order valence-corrected chi connectivity index (χ2v) is 6.34. The Morgan fingerprint density at radius 3 is 2.86 bits per heavy atom. The maximum Gasteiger partial charge on any atom is 0.274 e. The van der Waals surface area contributed by atoms with Crippen LogP contribution >= 0.6 is 11.8 Å². The molecule has 0 aromatic heterocycles. The first-order chi connectivity index (χ1) is 9.97. The van der Waals surface area contributed by atoms with Crippen LogP contribution in [0.2, 0.25) is 0 Å². The molecule has 6 nitrogen and oxygen atoms in total. The van der Waals surface area contributed by atoms with Crippen LogP contribution in [0.1, 0.15) is 17.5 Å².